The molecule has 0 saturated carbocycles. The van der Waals surface area contributed by atoms with Gasteiger partial charge in [-0.15, -0.1) is 4.57 Å². The highest BCUT2D eigenvalue weighted by molar-refractivity contribution is 6.28. The average Bonchev–Trinajstić information content (AvgIpc) is 2.60. The van der Waals surface area contributed by atoms with Gasteiger partial charge in [-0.25, -0.2) is 13.9 Å². The number of rotatable bonds is 3. The van der Waals surface area contributed by atoms with Crippen molar-refractivity contribution in [2.24, 2.45) is 0 Å². The molecule has 142 valence electrons. The number of aromatic nitrogens is 3. The van der Waals surface area contributed by atoms with Gasteiger partial charge in [0.05, 0.1) is 0 Å². The lowest BCUT2D eigenvalue weighted by Gasteiger charge is -2.19. The number of nitrogens with one attached hydrogen (secondary N) is 1. The number of hydrogen-bond donors (Lipinski definition) is 1. The van der Waals surface area contributed by atoms with Crippen LogP contribution in [0.3, 0.4) is 0 Å². The summed E-state index contributed by atoms with van der Waals surface area (Å²) >= 11 is 5.77. The predicted molar refractivity (Wildman–Crippen MR) is 102 cm³/mol. The Balaban J connectivity index is 2.64. The largest absolute Gasteiger partial charge is 0.709 e. The van der Waals surface area contributed by atoms with Gasteiger partial charge in [-0.3, -0.25) is 9.78 Å². The van der Waals surface area contributed by atoms with Crippen molar-refractivity contribution < 1.29 is 9.12 Å². The molecule has 1 N–H and O–H groups in total. The summed E-state index contributed by atoms with van der Waals surface area (Å²) in [7, 11) is 0. The maximum absolute atomic E-state index is 13.9. The van der Waals surface area contributed by atoms with E-state index in [9.17, 15) is 19.2 Å². The number of pyridine rings is 1. The van der Waals surface area contributed by atoms with Crippen LogP contribution in [-0.2, 0) is 0 Å². The molecule has 0 aliphatic rings. The normalized spacial score (nSPS) is 11.7. The maximum atomic E-state index is 13.9. The fourth-order valence-electron chi connectivity index (χ4n) is 3.22. The van der Waals surface area contributed by atoms with E-state index < -0.39 is 22.2 Å². The molecule has 0 unspecified atom stereocenters. The van der Waals surface area contributed by atoms with Crippen LogP contribution in [0.15, 0.2) is 33.9 Å². The van der Waals surface area contributed by atoms with Crippen LogP contribution in [0.25, 0.3) is 16.7 Å². The van der Waals surface area contributed by atoms with Crippen LogP contribution in [-0.4, -0.2) is 9.55 Å². The molecule has 8 heteroatoms. The zero-order valence-electron chi connectivity index (χ0n) is 15.3. The molecule has 2 aromatic heterocycles. The number of H-pyrrole nitrogens is 1. The van der Waals surface area contributed by atoms with Crippen molar-refractivity contribution >= 4 is 22.6 Å². The van der Waals surface area contributed by atoms with Gasteiger partial charge in [0.15, 0.2) is 5.82 Å². The molecular weight excluding hydrogens is 373 g/mol. The van der Waals surface area contributed by atoms with E-state index >= 15 is 0 Å². The Bertz CT molecular complexity index is 1140. The molecule has 27 heavy (non-hydrogen) atoms. The Morgan fingerprint density at radius 2 is 1.70 bits per heavy atom. The van der Waals surface area contributed by atoms with E-state index in [-0.39, 0.29) is 27.6 Å². The van der Waals surface area contributed by atoms with E-state index in [4.69, 9.17) is 11.6 Å². The van der Waals surface area contributed by atoms with Crippen LogP contribution in [0.1, 0.15) is 50.7 Å². The molecule has 0 fully saturated rings. The second kappa shape index (κ2) is 6.81. The maximum Gasteiger partial charge on any atom is 0.421 e. The van der Waals surface area contributed by atoms with E-state index in [0.717, 1.165) is 21.8 Å². The molecule has 0 amide bonds. The summed E-state index contributed by atoms with van der Waals surface area (Å²) in [5.74, 6) is -0.969. The summed E-state index contributed by atoms with van der Waals surface area (Å²) in [4.78, 5) is 27.2. The van der Waals surface area contributed by atoms with Gasteiger partial charge in [-0.2, -0.15) is 0 Å². The molecule has 1 aromatic carbocycles. The van der Waals surface area contributed by atoms with Crippen LogP contribution in [0.2, 0.25) is 5.15 Å². The number of nitrogens with zero attached hydrogens (tertiary/aromatic N) is 2. The Morgan fingerprint density at radius 1 is 1.15 bits per heavy atom. The summed E-state index contributed by atoms with van der Waals surface area (Å²) < 4.78 is 15.2. The number of hydrogen-bond acceptors (Lipinski definition) is 3. The Labute approximate surface area is 159 Å². The van der Waals surface area contributed by atoms with Crippen LogP contribution in [0.4, 0.5) is 4.39 Å². The van der Waals surface area contributed by atoms with E-state index in [1.165, 1.54) is 0 Å². The van der Waals surface area contributed by atoms with Gasteiger partial charge in [0, 0.05) is 17.2 Å². The van der Waals surface area contributed by atoms with Crippen LogP contribution < -0.4 is 16.0 Å². The smallest absolute Gasteiger partial charge is 0.421 e. The average molecular weight is 392 g/mol. The summed E-state index contributed by atoms with van der Waals surface area (Å²) in [5.41, 5.74) is 0.203. The minimum Gasteiger partial charge on any atom is -0.709 e. The van der Waals surface area contributed by atoms with E-state index in [1.807, 2.05) is 45.9 Å². The highest BCUT2D eigenvalue weighted by Crippen LogP contribution is 2.31. The molecule has 0 bridgehead atoms. The summed E-state index contributed by atoms with van der Waals surface area (Å²) in [5, 5.41) is 11.7. The third-order valence-electron chi connectivity index (χ3n) is 4.53. The third-order valence-corrected chi connectivity index (χ3v) is 4.86. The molecule has 0 radical (unpaired) electrons. The van der Waals surface area contributed by atoms with Crippen molar-refractivity contribution in [2.75, 3.05) is 0 Å². The minimum atomic E-state index is -1.03. The second-order valence-electron chi connectivity index (χ2n) is 7.00. The van der Waals surface area contributed by atoms with Gasteiger partial charge >= 0.3 is 11.3 Å². The minimum absolute atomic E-state index is 0.0311. The highest BCUT2D eigenvalue weighted by atomic mass is 35.5. The molecule has 3 rings (SSSR count). The number of fused-ring (bicyclic) bond motifs is 1. The zero-order valence-corrected chi connectivity index (χ0v) is 16.1. The lowest BCUT2D eigenvalue weighted by atomic mass is 9.92. The SMILES string of the molecule is CC(C)c1cccc(C(C)C)c1-n1c(=O)[nH]c(=O)c2cc(F)c(Cl)[n+]([O-])c21. The summed E-state index contributed by atoms with van der Waals surface area (Å²) in [6, 6.07) is 6.46. The van der Waals surface area contributed by atoms with Gasteiger partial charge < -0.3 is 5.21 Å². The molecule has 0 aliphatic carbocycles. The Hall–Kier alpha value is -2.67. The molecule has 0 atom stereocenters. The quantitative estimate of drug-likeness (QED) is 0.422. The van der Waals surface area contributed by atoms with Crippen molar-refractivity contribution in [3.8, 4) is 5.69 Å². The number of benzene rings is 1. The van der Waals surface area contributed by atoms with Gasteiger partial charge in [-0.1, -0.05) is 45.9 Å². The molecule has 0 saturated heterocycles. The molecule has 0 aliphatic heterocycles. The van der Waals surface area contributed by atoms with Crippen molar-refractivity contribution in [3.63, 3.8) is 0 Å². The van der Waals surface area contributed by atoms with Crippen LogP contribution >= 0.6 is 11.6 Å². The lowest BCUT2D eigenvalue weighted by molar-refractivity contribution is -0.579. The fraction of sp³-hybridized carbons (Fsp3) is 0.316. The number of para-hydroxylation sites is 1. The first-order valence-corrected chi connectivity index (χ1v) is 8.92. The van der Waals surface area contributed by atoms with Crippen molar-refractivity contribution in [1.82, 2.24) is 9.55 Å². The third kappa shape index (κ3) is 3.02. The molecule has 0 spiro atoms. The van der Waals surface area contributed by atoms with Crippen molar-refractivity contribution in [3.05, 3.63) is 72.4 Å². The second-order valence-corrected chi connectivity index (χ2v) is 7.36. The Kier molecular flexibility index (Phi) is 4.82. The Morgan fingerprint density at radius 3 is 2.22 bits per heavy atom. The van der Waals surface area contributed by atoms with Crippen LogP contribution in [0.5, 0.6) is 0 Å². The topological polar surface area (TPSA) is 81.8 Å². The monoisotopic (exact) mass is 391 g/mol. The first kappa shape index (κ1) is 19.1. The van der Waals surface area contributed by atoms with Gasteiger partial charge in [0.2, 0.25) is 5.15 Å². The summed E-state index contributed by atoms with van der Waals surface area (Å²) in [6.45, 7) is 7.83. The van der Waals surface area contributed by atoms with Crippen LogP contribution in [0, 0.1) is 11.0 Å². The lowest BCUT2D eigenvalue weighted by Crippen LogP contribution is -2.41. The van der Waals surface area contributed by atoms with Gasteiger partial charge in [0.25, 0.3) is 5.56 Å². The molecule has 3 aromatic rings. The predicted octanol–water partition coefficient (Wildman–Crippen LogP) is 3.35. The molecular formula is C19H19ClFN3O3. The zero-order chi connectivity index (χ0) is 20.0. The first-order chi connectivity index (χ1) is 12.6. The van der Waals surface area contributed by atoms with Crippen molar-refractivity contribution in [1.29, 1.82) is 0 Å². The van der Waals surface area contributed by atoms with Crippen molar-refractivity contribution in [2.45, 2.75) is 39.5 Å². The molecule has 6 nitrogen and oxygen atoms in total. The van der Waals surface area contributed by atoms with E-state index in [1.54, 1.807) is 0 Å². The number of aromatic amines is 1. The number of halogens is 2. The van der Waals surface area contributed by atoms with Gasteiger partial charge in [-0.05, 0) is 23.4 Å². The fourth-order valence-corrected chi connectivity index (χ4v) is 3.36. The van der Waals surface area contributed by atoms with Gasteiger partial charge in [0.1, 0.15) is 11.1 Å². The van der Waals surface area contributed by atoms with E-state index in [2.05, 4.69) is 4.98 Å². The molecule has 2 heterocycles. The summed E-state index contributed by atoms with van der Waals surface area (Å²) in [6.07, 6.45) is 0. The standard InChI is InChI=1S/C19H19ClFN3O3/c1-9(2)11-6-5-7-12(10(3)4)15(11)23-18-13(17(25)22-19(23)26)8-14(21)16(20)24(18)27/h5-10H,1-4H3,(H,22,25,26). The van der Waals surface area contributed by atoms with E-state index in [0.29, 0.717) is 5.69 Å². The first-order valence-electron chi connectivity index (χ1n) is 8.54. The highest BCUT2D eigenvalue weighted by Gasteiger charge is 2.28.